The summed E-state index contributed by atoms with van der Waals surface area (Å²) in [6, 6.07) is 3.98. The zero-order chi connectivity index (χ0) is 23.4. The van der Waals surface area contributed by atoms with Crippen LogP contribution in [0.15, 0.2) is 29.6 Å². The Morgan fingerprint density at radius 1 is 1.27 bits per heavy atom. The lowest BCUT2D eigenvalue weighted by atomic mass is 10.1. The van der Waals surface area contributed by atoms with Gasteiger partial charge in [-0.3, -0.25) is 14.9 Å². The summed E-state index contributed by atoms with van der Waals surface area (Å²) in [7, 11) is 0. The fourth-order valence-corrected chi connectivity index (χ4v) is 4.54. The summed E-state index contributed by atoms with van der Waals surface area (Å²) < 4.78 is 1.76. The van der Waals surface area contributed by atoms with Crippen LogP contribution in [0.4, 0.5) is 11.5 Å². The molecule has 33 heavy (non-hydrogen) atoms. The number of piperidine rings is 1. The molecule has 1 saturated heterocycles. The summed E-state index contributed by atoms with van der Waals surface area (Å²) in [5.41, 5.74) is 0.607. The molecule has 0 unspecified atom stereocenters. The van der Waals surface area contributed by atoms with Crippen LogP contribution >= 0.6 is 23.4 Å². The fourth-order valence-electron chi connectivity index (χ4n) is 3.80. The van der Waals surface area contributed by atoms with Crippen LogP contribution in [0.2, 0.25) is 5.02 Å². The van der Waals surface area contributed by atoms with Gasteiger partial charge in [0, 0.05) is 31.3 Å². The Balaban J connectivity index is 1.51. The summed E-state index contributed by atoms with van der Waals surface area (Å²) in [5, 5.41) is 19.9. The molecule has 10 nitrogen and oxygen atoms in total. The summed E-state index contributed by atoms with van der Waals surface area (Å²) in [6.45, 7) is 4.68. The second kappa shape index (κ2) is 10.3. The third kappa shape index (κ3) is 5.19. The number of nitrogens with zero attached hydrogens (tertiary/aromatic N) is 6. The van der Waals surface area contributed by atoms with Crippen molar-refractivity contribution in [1.82, 2.24) is 25.1 Å². The van der Waals surface area contributed by atoms with Crippen LogP contribution in [0.25, 0.3) is 11.0 Å². The number of carbonyl (C=O) groups excluding carboxylic acids is 1. The average Bonchev–Trinajstić information content (AvgIpc) is 3.22. The largest absolute Gasteiger partial charge is 0.356 e. The predicted octanol–water partition coefficient (Wildman–Crippen LogP) is 3.92. The van der Waals surface area contributed by atoms with Crippen molar-refractivity contribution in [3.63, 3.8) is 0 Å². The molecule has 2 aromatic heterocycles. The number of nitrogens with one attached hydrogen (secondary N) is 1. The summed E-state index contributed by atoms with van der Waals surface area (Å²) in [5.74, 6) is 1.36. The minimum Gasteiger partial charge on any atom is -0.356 e. The molecule has 0 radical (unpaired) electrons. The lowest BCUT2D eigenvalue weighted by molar-refractivity contribution is -0.384. The van der Waals surface area contributed by atoms with Gasteiger partial charge in [-0.25, -0.2) is 14.6 Å². The molecular weight excluding hydrogens is 466 g/mol. The van der Waals surface area contributed by atoms with Gasteiger partial charge in [-0.2, -0.15) is 5.10 Å². The van der Waals surface area contributed by atoms with E-state index in [4.69, 9.17) is 21.6 Å². The SMILES string of the molecule is CCSc1nc(N2CCCCC2)c2cnn(CCNC(=O)c3ccc(Cl)c([N+](=O)[O-])c3)c2n1. The number of nitro groups is 1. The molecule has 12 heteroatoms. The zero-order valence-electron chi connectivity index (χ0n) is 18.2. The van der Waals surface area contributed by atoms with Crippen LogP contribution in [0.5, 0.6) is 0 Å². The maximum absolute atomic E-state index is 12.5. The van der Waals surface area contributed by atoms with Crippen LogP contribution in [0.1, 0.15) is 36.5 Å². The van der Waals surface area contributed by atoms with Gasteiger partial charge < -0.3 is 10.2 Å². The molecule has 0 spiro atoms. The highest BCUT2D eigenvalue weighted by Gasteiger charge is 2.20. The van der Waals surface area contributed by atoms with Crippen molar-refractivity contribution in [3.05, 3.63) is 45.1 Å². The lowest BCUT2D eigenvalue weighted by Gasteiger charge is -2.28. The van der Waals surface area contributed by atoms with Gasteiger partial charge >= 0.3 is 0 Å². The van der Waals surface area contributed by atoms with E-state index in [-0.39, 0.29) is 22.8 Å². The van der Waals surface area contributed by atoms with Crippen molar-refractivity contribution >= 4 is 51.8 Å². The smallest absolute Gasteiger partial charge is 0.288 e. The van der Waals surface area contributed by atoms with Gasteiger partial charge in [0.1, 0.15) is 10.8 Å². The molecule has 1 aliphatic rings. The molecule has 0 atom stereocenters. The average molecular weight is 490 g/mol. The molecule has 1 N–H and O–H groups in total. The number of hydrogen-bond acceptors (Lipinski definition) is 8. The Bertz CT molecular complexity index is 1180. The maximum atomic E-state index is 12.5. The van der Waals surface area contributed by atoms with E-state index in [9.17, 15) is 14.9 Å². The van der Waals surface area contributed by atoms with E-state index in [1.165, 1.54) is 24.6 Å². The first-order chi connectivity index (χ1) is 16.0. The third-order valence-electron chi connectivity index (χ3n) is 5.40. The molecule has 1 aliphatic heterocycles. The Morgan fingerprint density at radius 2 is 2.06 bits per heavy atom. The van der Waals surface area contributed by atoms with Gasteiger partial charge in [0.15, 0.2) is 10.8 Å². The van der Waals surface area contributed by atoms with E-state index in [2.05, 4.69) is 22.2 Å². The highest BCUT2D eigenvalue weighted by molar-refractivity contribution is 7.99. The van der Waals surface area contributed by atoms with Crippen molar-refractivity contribution in [1.29, 1.82) is 0 Å². The second-order valence-electron chi connectivity index (χ2n) is 7.59. The van der Waals surface area contributed by atoms with Crippen molar-refractivity contribution in [2.24, 2.45) is 0 Å². The zero-order valence-corrected chi connectivity index (χ0v) is 19.7. The van der Waals surface area contributed by atoms with E-state index in [0.29, 0.717) is 11.7 Å². The van der Waals surface area contributed by atoms with Crippen LogP contribution in [0, 0.1) is 10.1 Å². The number of benzene rings is 1. The maximum Gasteiger partial charge on any atom is 0.288 e. The van der Waals surface area contributed by atoms with E-state index < -0.39 is 10.8 Å². The first-order valence-corrected chi connectivity index (χ1v) is 12.2. The first kappa shape index (κ1) is 23.2. The summed E-state index contributed by atoms with van der Waals surface area (Å²) in [6.07, 6.45) is 5.30. The van der Waals surface area contributed by atoms with Gasteiger partial charge in [-0.05, 0) is 37.1 Å². The molecule has 3 aromatic rings. The van der Waals surface area contributed by atoms with Gasteiger partial charge in [0.2, 0.25) is 0 Å². The quantitative estimate of drug-likeness (QED) is 0.219. The van der Waals surface area contributed by atoms with Crippen molar-refractivity contribution < 1.29 is 9.72 Å². The van der Waals surface area contributed by atoms with E-state index in [1.54, 1.807) is 22.6 Å². The molecule has 0 saturated carbocycles. The van der Waals surface area contributed by atoms with Crippen LogP contribution in [-0.4, -0.2) is 56.0 Å². The van der Waals surface area contributed by atoms with E-state index in [0.717, 1.165) is 48.5 Å². The minimum atomic E-state index is -0.611. The Kier molecular flexibility index (Phi) is 7.29. The number of halogens is 1. The minimum absolute atomic E-state index is 0.00972. The van der Waals surface area contributed by atoms with Crippen molar-refractivity contribution in [2.75, 3.05) is 30.3 Å². The topological polar surface area (TPSA) is 119 Å². The number of amides is 1. The Morgan fingerprint density at radius 3 is 2.79 bits per heavy atom. The van der Waals surface area contributed by atoms with Gasteiger partial charge in [0.25, 0.3) is 11.6 Å². The van der Waals surface area contributed by atoms with Crippen LogP contribution in [-0.2, 0) is 6.54 Å². The molecule has 0 bridgehead atoms. The number of rotatable bonds is 8. The summed E-state index contributed by atoms with van der Waals surface area (Å²) in [4.78, 5) is 34.7. The number of nitro benzene ring substituents is 1. The van der Waals surface area contributed by atoms with Crippen LogP contribution in [0.3, 0.4) is 0 Å². The first-order valence-electron chi connectivity index (χ1n) is 10.8. The molecule has 174 valence electrons. The van der Waals surface area contributed by atoms with Crippen molar-refractivity contribution in [3.8, 4) is 0 Å². The van der Waals surface area contributed by atoms with Gasteiger partial charge in [-0.15, -0.1) is 0 Å². The van der Waals surface area contributed by atoms with E-state index in [1.807, 2.05) is 0 Å². The monoisotopic (exact) mass is 489 g/mol. The molecule has 0 aliphatic carbocycles. The lowest BCUT2D eigenvalue weighted by Crippen LogP contribution is -2.30. The van der Waals surface area contributed by atoms with E-state index >= 15 is 0 Å². The van der Waals surface area contributed by atoms with Gasteiger partial charge in [0.05, 0.1) is 23.1 Å². The summed E-state index contributed by atoms with van der Waals surface area (Å²) >= 11 is 7.41. The number of anilines is 1. The predicted molar refractivity (Wildman–Crippen MR) is 128 cm³/mol. The number of fused-ring (bicyclic) bond motifs is 1. The van der Waals surface area contributed by atoms with Crippen molar-refractivity contribution in [2.45, 2.75) is 37.9 Å². The molecule has 4 rings (SSSR count). The number of hydrogen-bond donors (Lipinski definition) is 1. The standard InChI is InChI=1S/C21H24ClN7O3S/c1-2-33-21-25-18(27-9-4-3-5-10-27)15-13-24-28(19(15)26-21)11-8-23-20(30)14-6-7-16(22)17(12-14)29(31)32/h6-7,12-13H,2-5,8-11H2,1H3,(H,23,30). The third-order valence-corrected chi connectivity index (χ3v) is 6.45. The Hall–Kier alpha value is -2.92. The normalized spacial score (nSPS) is 13.9. The highest BCUT2D eigenvalue weighted by atomic mass is 35.5. The Labute approximate surface area is 199 Å². The number of carbonyl (C=O) groups is 1. The molecule has 1 aromatic carbocycles. The van der Waals surface area contributed by atoms with Gasteiger partial charge in [-0.1, -0.05) is 30.3 Å². The number of thioether (sulfide) groups is 1. The molecule has 1 amide bonds. The second-order valence-corrected chi connectivity index (χ2v) is 9.23. The molecule has 3 heterocycles. The van der Waals surface area contributed by atoms with Crippen LogP contribution < -0.4 is 10.2 Å². The number of aromatic nitrogens is 4. The molecular formula is C21H24ClN7O3S. The fraction of sp³-hybridized carbons (Fsp3) is 0.429. The highest BCUT2D eigenvalue weighted by Crippen LogP contribution is 2.29. The molecule has 1 fully saturated rings.